The van der Waals surface area contributed by atoms with Crippen molar-refractivity contribution in [1.82, 2.24) is 5.32 Å². The van der Waals surface area contributed by atoms with E-state index in [1.165, 1.54) is 11.1 Å². The predicted octanol–water partition coefficient (Wildman–Crippen LogP) is 3.81. The summed E-state index contributed by atoms with van der Waals surface area (Å²) >= 11 is 0. The van der Waals surface area contributed by atoms with Crippen LogP contribution in [0.15, 0.2) is 66.7 Å². The van der Waals surface area contributed by atoms with Crippen LogP contribution in [0.25, 0.3) is 11.1 Å². The van der Waals surface area contributed by atoms with E-state index in [1.54, 1.807) is 18.2 Å². The van der Waals surface area contributed by atoms with Crippen molar-refractivity contribution in [3.05, 3.63) is 94.5 Å². The normalized spacial score (nSPS) is 14.3. The highest BCUT2D eigenvalue weighted by molar-refractivity contribution is 5.79. The Kier molecular flexibility index (Phi) is 7.08. The summed E-state index contributed by atoms with van der Waals surface area (Å²) in [5.41, 5.74) is 6.67. The van der Waals surface area contributed by atoms with E-state index in [0.29, 0.717) is 11.1 Å². The number of hydrogen-bond donors (Lipinski definition) is 4. The fourth-order valence-electron chi connectivity index (χ4n) is 4.44. The van der Waals surface area contributed by atoms with Crippen LogP contribution in [-0.2, 0) is 11.3 Å². The Hall–Kier alpha value is -3.19. The zero-order valence-corrected chi connectivity index (χ0v) is 18.6. The first-order chi connectivity index (χ1) is 16.0. The first kappa shape index (κ1) is 23.0. The molecule has 172 valence electrons. The Balaban J connectivity index is 1.29. The average molecular weight is 448 g/mol. The zero-order chi connectivity index (χ0) is 23.4. The maximum absolute atomic E-state index is 12.3. The fraction of sp³-hybridized carbons (Fsp3) is 0.296. The molecule has 0 aliphatic heterocycles. The highest BCUT2D eigenvalue weighted by Gasteiger charge is 2.29. The lowest BCUT2D eigenvalue weighted by Crippen LogP contribution is -2.30. The third kappa shape index (κ3) is 4.93. The van der Waals surface area contributed by atoms with Crippen molar-refractivity contribution in [2.24, 2.45) is 0 Å². The van der Waals surface area contributed by atoms with Crippen LogP contribution in [0, 0.1) is 6.92 Å². The van der Waals surface area contributed by atoms with Gasteiger partial charge in [-0.2, -0.15) is 0 Å². The van der Waals surface area contributed by atoms with E-state index in [9.17, 15) is 20.1 Å². The van der Waals surface area contributed by atoms with Gasteiger partial charge < -0.3 is 25.4 Å². The summed E-state index contributed by atoms with van der Waals surface area (Å²) in [5.74, 6) is -0.0164. The van der Waals surface area contributed by atoms with Gasteiger partial charge in [0.2, 0.25) is 0 Å². The van der Waals surface area contributed by atoms with Crippen molar-refractivity contribution in [2.75, 3.05) is 13.2 Å². The van der Waals surface area contributed by atoms with Crippen LogP contribution in [0.4, 0.5) is 4.79 Å². The molecule has 33 heavy (non-hydrogen) atoms. The number of benzene rings is 3. The Bertz CT molecular complexity index is 1080. The molecule has 3 aromatic carbocycles. The standard InChI is InChI=1S/C27H29NO5/c1-17-10-11-18(15-29)14-23(17)26(31)25(30)12-13-28-27(32)33-16-24-21-8-4-2-6-19(21)20-7-3-5-9-22(20)24/h2-11,14,24-26,29-31H,12-13,15-16H2,1H3,(H,28,32). The number of amides is 1. The molecule has 3 aromatic rings. The van der Waals surface area contributed by atoms with E-state index in [4.69, 9.17) is 4.74 Å². The van der Waals surface area contributed by atoms with Crippen LogP contribution >= 0.6 is 0 Å². The topological polar surface area (TPSA) is 99.0 Å². The number of alkyl carbamates (subject to hydrolysis) is 1. The van der Waals surface area contributed by atoms with Crippen LogP contribution in [0.2, 0.25) is 0 Å². The van der Waals surface area contributed by atoms with Crippen molar-refractivity contribution < 1.29 is 24.9 Å². The summed E-state index contributed by atoms with van der Waals surface area (Å²) in [6, 6.07) is 21.5. The lowest BCUT2D eigenvalue weighted by atomic mass is 9.96. The van der Waals surface area contributed by atoms with Crippen LogP contribution in [0.3, 0.4) is 0 Å². The Morgan fingerprint density at radius 3 is 2.27 bits per heavy atom. The molecule has 1 aliphatic carbocycles. The van der Waals surface area contributed by atoms with Gasteiger partial charge in [0.15, 0.2) is 0 Å². The number of aliphatic hydroxyl groups is 3. The summed E-state index contributed by atoms with van der Waals surface area (Å²) in [5, 5.41) is 32.9. The molecule has 0 fully saturated rings. The summed E-state index contributed by atoms with van der Waals surface area (Å²) in [6.07, 6.45) is -2.57. The minimum atomic E-state index is -1.11. The third-order valence-corrected chi connectivity index (χ3v) is 6.26. The number of ether oxygens (including phenoxy) is 1. The molecule has 0 saturated carbocycles. The van der Waals surface area contributed by atoms with Gasteiger partial charge in [0.1, 0.15) is 12.7 Å². The number of aryl methyl sites for hydroxylation is 1. The van der Waals surface area contributed by atoms with E-state index < -0.39 is 18.3 Å². The van der Waals surface area contributed by atoms with Gasteiger partial charge >= 0.3 is 6.09 Å². The second kappa shape index (κ2) is 10.2. The molecule has 2 unspecified atom stereocenters. The Morgan fingerprint density at radius 2 is 1.64 bits per heavy atom. The van der Waals surface area contributed by atoms with Crippen molar-refractivity contribution >= 4 is 6.09 Å². The number of fused-ring (bicyclic) bond motifs is 3. The molecule has 0 saturated heterocycles. The Morgan fingerprint density at radius 1 is 1.00 bits per heavy atom. The van der Waals surface area contributed by atoms with Crippen molar-refractivity contribution in [3.63, 3.8) is 0 Å². The van der Waals surface area contributed by atoms with Crippen molar-refractivity contribution in [1.29, 1.82) is 0 Å². The molecule has 1 aliphatic rings. The number of aliphatic hydroxyl groups excluding tert-OH is 3. The number of nitrogens with one attached hydrogen (secondary N) is 1. The van der Waals surface area contributed by atoms with Crippen LogP contribution in [0.5, 0.6) is 0 Å². The number of rotatable bonds is 8. The maximum Gasteiger partial charge on any atom is 0.407 e. The van der Waals surface area contributed by atoms with Gasteiger partial charge in [0, 0.05) is 12.5 Å². The minimum absolute atomic E-state index is 0.0164. The van der Waals surface area contributed by atoms with E-state index in [1.807, 2.05) is 31.2 Å². The van der Waals surface area contributed by atoms with Gasteiger partial charge in [-0.25, -0.2) is 4.79 Å². The van der Waals surface area contributed by atoms with Gasteiger partial charge in [-0.3, -0.25) is 0 Å². The number of hydrogen-bond acceptors (Lipinski definition) is 5. The second-order valence-electron chi connectivity index (χ2n) is 8.40. The maximum atomic E-state index is 12.3. The first-order valence-electron chi connectivity index (χ1n) is 11.1. The molecule has 6 nitrogen and oxygen atoms in total. The number of carbonyl (C=O) groups is 1. The summed E-state index contributed by atoms with van der Waals surface area (Å²) in [6.45, 7) is 2.08. The summed E-state index contributed by atoms with van der Waals surface area (Å²) < 4.78 is 5.49. The van der Waals surface area contributed by atoms with Gasteiger partial charge in [0.05, 0.1) is 12.7 Å². The monoisotopic (exact) mass is 447 g/mol. The smallest absolute Gasteiger partial charge is 0.407 e. The third-order valence-electron chi connectivity index (χ3n) is 6.26. The number of carbonyl (C=O) groups excluding carboxylic acids is 1. The van der Waals surface area contributed by atoms with E-state index in [0.717, 1.165) is 16.7 Å². The molecule has 6 heteroatoms. The van der Waals surface area contributed by atoms with Crippen molar-refractivity contribution in [3.8, 4) is 11.1 Å². The summed E-state index contributed by atoms with van der Waals surface area (Å²) in [7, 11) is 0. The molecule has 1 amide bonds. The predicted molar refractivity (Wildman–Crippen MR) is 126 cm³/mol. The SMILES string of the molecule is Cc1ccc(CO)cc1C(O)C(O)CCNC(=O)OCC1c2ccccc2-c2ccccc21. The molecule has 4 rings (SSSR count). The highest BCUT2D eigenvalue weighted by Crippen LogP contribution is 2.44. The van der Waals surface area contributed by atoms with Gasteiger partial charge in [-0.05, 0) is 52.3 Å². The molecule has 0 spiro atoms. The largest absolute Gasteiger partial charge is 0.449 e. The summed E-state index contributed by atoms with van der Waals surface area (Å²) in [4.78, 5) is 12.3. The first-order valence-corrected chi connectivity index (χ1v) is 11.1. The van der Waals surface area contributed by atoms with Crippen LogP contribution < -0.4 is 5.32 Å². The molecular weight excluding hydrogens is 418 g/mol. The molecule has 0 aromatic heterocycles. The van der Waals surface area contributed by atoms with Crippen LogP contribution in [-0.4, -0.2) is 40.7 Å². The molecule has 4 N–H and O–H groups in total. The lowest BCUT2D eigenvalue weighted by Gasteiger charge is -2.21. The molecule has 2 atom stereocenters. The van der Waals surface area contributed by atoms with Crippen molar-refractivity contribution in [2.45, 2.75) is 38.1 Å². The minimum Gasteiger partial charge on any atom is -0.449 e. The van der Waals surface area contributed by atoms with Crippen LogP contribution in [0.1, 0.15) is 46.3 Å². The van der Waals surface area contributed by atoms with Gasteiger partial charge in [-0.1, -0.05) is 66.7 Å². The van der Waals surface area contributed by atoms with E-state index in [2.05, 4.69) is 29.6 Å². The second-order valence-corrected chi connectivity index (χ2v) is 8.40. The Labute approximate surface area is 193 Å². The molecule has 0 radical (unpaired) electrons. The lowest BCUT2D eigenvalue weighted by molar-refractivity contribution is 0.0132. The quantitative estimate of drug-likeness (QED) is 0.421. The molecule has 0 bridgehead atoms. The average Bonchev–Trinajstić information content (AvgIpc) is 3.16. The fourth-order valence-corrected chi connectivity index (χ4v) is 4.44. The molecular formula is C27H29NO5. The highest BCUT2D eigenvalue weighted by atomic mass is 16.5. The van der Waals surface area contributed by atoms with E-state index >= 15 is 0 Å². The van der Waals surface area contributed by atoms with Gasteiger partial charge in [-0.15, -0.1) is 0 Å². The zero-order valence-electron chi connectivity index (χ0n) is 18.6. The van der Waals surface area contributed by atoms with E-state index in [-0.39, 0.29) is 32.1 Å². The molecule has 0 heterocycles. The van der Waals surface area contributed by atoms with Gasteiger partial charge in [0.25, 0.3) is 0 Å².